The summed E-state index contributed by atoms with van der Waals surface area (Å²) in [5, 5.41) is 2.85. The summed E-state index contributed by atoms with van der Waals surface area (Å²) in [6.07, 6.45) is 0. The Morgan fingerprint density at radius 3 is 2.55 bits per heavy atom. The van der Waals surface area contributed by atoms with E-state index in [9.17, 15) is 9.18 Å². The third kappa shape index (κ3) is 3.21. The summed E-state index contributed by atoms with van der Waals surface area (Å²) in [5.41, 5.74) is 7.11. The van der Waals surface area contributed by atoms with Crippen molar-refractivity contribution in [1.82, 2.24) is 0 Å². The molecule has 0 bridgehead atoms. The van der Waals surface area contributed by atoms with Gasteiger partial charge in [-0.3, -0.25) is 4.79 Å². The molecule has 0 saturated carbocycles. The van der Waals surface area contributed by atoms with Crippen LogP contribution >= 0.6 is 23.2 Å². The SMILES string of the molecule is Cc1cc(F)cc(NC(=O)c2cc(N)cc(Cl)c2Cl)c1. The van der Waals surface area contributed by atoms with Gasteiger partial charge in [-0.2, -0.15) is 0 Å². The number of hydrogen-bond acceptors (Lipinski definition) is 2. The van der Waals surface area contributed by atoms with Crippen LogP contribution in [0, 0.1) is 12.7 Å². The first kappa shape index (κ1) is 14.6. The Hall–Kier alpha value is -1.78. The van der Waals surface area contributed by atoms with Crippen molar-refractivity contribution in [2.24, 2.45) is 0 Å². The lowest BCUT2D eigenvalue weighted by Crippen LogP contribution is -2.13. The van der Waals surface area contributed by atoms with Gasteiger partial charge in [-0.15, -0.1) is 0 Å². The maximum Gasteiger partial charge on any atom is 0.257 e. The molecular formula is C14H11Cl2FN2O. The van der Waals surface area contributed by atoms with Crippen molar-refractivity contribution in [2.75, 3.05) is 11.1 Å². The molecule has 0 radical (unpaired) electrons. The highest BCUT2D eigenvalue weighted by atomic mass is 35.5. The Balaban J connectivity index is 2.33. The number of carbonyl (C=O) groups is 1. The second-order valence-corrected chi connectivity index (χ2v) is 5.12. The summed E-state index contributed by atoms with van der Waals surface area (Å²) in [5.74, 6) is -0.939. The molecule has 0 fully saturated rings. The zero-order chi connectivity index (χ0) is 14.9. The number of hydrogen-bond donors (Lipinski definition) is 2. The summed E-state index contributed by atoms with van der Waals surface area (Å²) >= 11 is 11.8. The highest BCUT2D eigenvalue weighted by Crippen LogP contribution is 2.29. The number of amides is 1. The molecule has 2 rings (SSSR count). The Kier molecular flexibility index (Phi) is 4.16. The van der Waals surface area contributed by atoms with Crippen LogP contribution in [0.3, 0.4) is 0 Å². The number of nitrogens with one attached hydrogen (secondary N) is 1. The van der Waals surface area contributed by atoms with Crippen molar-refractivity contribution >= 4 is 40.5 Å². The monoisotopic (exact) mass is 312 g/mol. The van der Waals surface area contributed by atoms with Gasteiger partial charge in [0.05, 0.1) is 15.6 Å². The van der Waals surface area contributed by atoms with Crippen molar-refractivity contribution in [1.29, 1.82) is 0 Å². The minimum Gasteiger partial charge on any atom is -0.399 e. The number of nitrogen functional groups attached to an aromatic ring is 1. The molecule has 20 heavy (non-hydrogen) atoms. The van der Waals surface area contributed by atoms with Gasteiger partial charge in [0.15, 0.2) is 0 Å². The standard InChI is InChI=1S/C14H11Cl2FN2O/c1-7-2-8(17)4-10(3-7)19-14(20)11-5-9(18)6-12(15)13(11)16/h2-6H,18H2,1H3,(H,19,20). The van der Waals surface area contributed by atoms with Gasteiger partial charge in [0, 0.05) is 11.4 Å². The molecule has 0 heterocycles. The number of rotatable bonds is 2. The molecule has 0 atom stereocenters. The fraction of sp³-hybridized carbons (Fsp3) is 0.0714. The Morgan fingerprint density at radius 2 is 1.90 bits per heavy atom. The van der Waals surface area contributed by atoms with E-state index in [1.165, 1.54) is 24.3 Å². The molecule has 0 aliphatic carbocycles. The Bertz CT molecular complexity index is 669. The van der Waals surface area contributed by atoms with Crippen molar-refractivity contribution in [3.8, 4) is 0 Å². The molecule has 1 amide bonds. The minimum absolute atomic E-state index is 0.103. The molecular weight excluding hydrogens is 302 g/mol. The first-order chi connectivity index (χ1) is 9.36. The summed E-state index contributed by atoms with van der Waals surface area (Å²) < 4.78 is 13.3. The van der Waals surface area contributed by atoms with Gasteiger partial charge in [-0.05, 0) is 42.8 Å². The number of halogens is 3. The number of nitrogens with two attached hydrogens (primary N) is 1. The smallest absolute Gasteiger partial charge is 0.257 e. The second kappa shape index (κ2) is 5.69. The molecule has 2 aromatic rings. The van der Waals surface area contributed by atoms with Gasteiger partial charge in [-0.1, -0.05) is 23.2 Å². The van der Waals surface area contributed by atoms with Crippen LogP contribution in [0.1, 0.15) is 15.9 Å². The van der Waals surface area contributed by atoms with Gasteiger partial charge in [-0.25, -0.2) is 4.39 Å². The fourth-order valence-electron chi connectivity index (χ4n) is 1.78. The van der Waals surface area contributed by atoms with Crippen LogP contribution < -0.4 is 11.1 Å². The summed E-state index contributed by atoms with van der Waals surface area (Å²) in [6, 6.07) is 7.08. The topological polar surface area (TPSA) is 55.1 Å². The lowest BCUT2D eigenvalue weighted by Gasteiger charge is -2.09. The van der Waals surface area contributed by atoms with Gasteiger partial charge >= 0.3 is 0 Å². The van der Waals surface area contributed by atoms with Crippen LogP contribution in [0.25, 0.3) is 0 Å². The van der Waals surface area contributed by atoms with Crippen LogP contribution in [0.5, 0.6) is 0 Å². The third-order valence-electron chi connectivity index (χ3n) is 2.60. The fourth-order valence-corrected chi connectivity index (χ4v) is 2.20. The first-order valence-electron chi connectivity index (χ1n) is 5.70. The zero-order valence-electron chi connectivity index (χ0n) is 10.5. The van der Waals surface area contributed by atoms with E-state index in [0.29, 0.717) is 16.9 Å². The van der Waals surface area contributed by atoms with E-state index in [1.54, 1.807) is 13.0 Å². The average Bonchev–Trinajstić information content (AvgIpc) is 2.32. The largest absolute Gasteiger partial charge is 0.399 e. The Morgan fingerprint density at radius 1 is 1.20 bits per heavy atom. The van der Waals surface area contributed by atoms with Crippen molar-refractivity contribution in [2.45, 2.75) is 6.92 Å². The van der Waals surface area contributed by atoms with Gasteiger partial charge < -0.3 is 11.1 Å². The normalized spacial score (nSPS) is 10.4. The molecule has 6 heteroatoms. The molecule has 0 aromatic heterocycles. The molecule has 0 saturated heterocycles. The van der Waals surface area contributed by atoms with E-state index >= 15 is 0 Å². The van der Waals surface area contributed by atoms with Crippen LogP contribution in [-0.2, 0) is 0 Å². The van der Waals surface area contributed by atoms with Crippen LogP contribution in [0.15, 0.2) is 30.3 Å². The first-order valence-corrected chi connectivity index (χ1v) is 6.45. The number of aryl methyl sites for hydroxylation is 1. The van der Waals surface area contributed by atoms with E-state index in [4.69, 9.17) is 28.9 Å². The molecule has 104 valence electrons. The number of benzene rings is 2. The molecule has 0 spiro atoms. The Labute approximate surface area is 125 Å². The maximum atomic E-state index is 13.3. The minimum atomic E-state index is -0.505. The van der Waals surface area contributed by atoms with Gasteiger partial charge in [0.2, 0.25) is 0 Å². The van der Waals surface area contributed by atoms with Gasteiger partial charge in [0.1, 0.15) is 5.82 Å². The third-order valence-corrected chi connectivity index (χ3v) is 3.40. The summed E-state index contributed by atoms with van der Waals surface area (Å²) in [4.78, 5) is 12.1. The molecule has 0 aliphatic rings. The van der Waals surface area contributed by atoms with E-state index in [1.807, 2.05) is 0 Å². The molecule has 0 aliphatic heterocycles. The van der Waals surface area contributed by atoms with Crippen molar-refractivity contribution in [3.63, 3.8) is 0 Å². The lowest BCUT2D eigenvalue weighted by atomic mass is 10.1. The predicted molar refractivity (Wildman–Crippen MR) is 80.0 cm³/mol. The van der Waals surface area contributed by atoms with E-state index in [-0.39, 0.29) is 15.6 Å². The van der Waals surface area contributed by atoms with Crippen LogP contribution in [0.4, 0.5) is 15.8 Å². The summed E-state index contributed by atoms with van der Waals surface area (Å²) in [7, 11) is 0. The second-order valence-electron chi connectivity index (χ2n) is 4.34. The number of carbonyl (C=O) groups excluding carboxylic acids is 1. The lowest BCUT2D eigenvalue weighted by molar-refractivity contribution is 0.102. The van der Waals surface area contributed by atoms with E-state index in [2.05, 4.69) is 5.32 Å². The summed E-state index contributed by atoms with van der Waals surface area (Å²) in [6.45, 7) is 1.73. The molecule has 3 N–H and O–H groups in total. The van der Waals surface area contributed by atoms with E-state index in [0.717, 1.165) is 0 Å². The van der Waals surface area contributed by atoms with Gasteiger partial charge in [0.25, 0.3) is 5.91 Å². The van der Waals surface area contributed by atoms with Crippen LogP contribution in [0.2, 0.25) is 10.0 Å². The molecule has 0 unspecified atom stereocenters. The molecule has 2 aromatic carbocycles. The zero-order valence-corrected chi connectivity index (χ0v) is 12.0. The average molecular weight is 313 g/mol. The predicted octanol–water partition coefficient (Wildman–Crippen LogP) is 4.28. The van der Waals surface area contributed by atoms with Crippen LogP contribution in [-0.4, -0.2) is 5.91 Å². The highest BCUT2D eigenvalue weighted by molar-refractivity contribution is 6.44. The highest BCUT2D eigenvalue weighted by Gasteiger charge is 2.14. The van der Waals surface area contributed by atoms with E-state index < -0.39 is 11.7 Å². The molecule has 3 nitrogen and oxygen atoms in total. The van der Waals surface area contributed by atoms with Crippen molar-refractivity contribution in [3.05, 3.63) is 57.3 Å². The van der Waals surface area contributed by atoms with Crippen molar-refractivity contribution < 1.29 is 9.18 Å². The number of anilines is 2. The maximum absolute atomic E-state index is 13.3. The quantitative estimate of drug-likeness (QED) is 0.813.